The first-order chi connectivity index (χ1) is 15.6. The Labute approximate surface area is 190 Å². The predicted octanol–water partition coefficient (Wildman–Crippen LogP) is 7.67. The molecule has 2 N–H and O–H groups in total. The molecule has 0 atom stereocenters. The van der Waals surface area contributed by atoms with Crippen molar-refractivity contribution in [1.29, 1.82) is 0 Å². The quantitative estimate of drug-likeness (QED) is 0.298. The average molecular weight is 437 g/mol. The molecule has 0 amide bonds. The smallest absolute Gasteiger partial charge is 0.109 e. The van der Waals surface area contributed by atoms with Gasteiger partial charge in [-0.05, 0) is 34.2 Å². The van der Waals surface area contributed by atoms with Crippen molar-refractivity contribution in [1.82, 2.24) is 19.9 Å². The molecule has 0 bridgehead atoms. The van der Waals surface area contributed by atoms with Crippen molar-refractivity contribution >= 4 is 43.2 Å². The minimum atomic E-state index is 0.393. The van der Waals surface area contributed by atoms with E-state index in [4.69, 9.17) is 4.98 Å². The van der Waals surface area contributed by atoms with Gasteiger partial charge in [0.15, 0.2) is 0 Å². The number of fused-ring (bicyclic) bond motifs is 6. The Morgan fingerprint density at radius 2 is 1.66 bits per heavy atom. The van der Waals surface area contributed by atoms with Crippen LogP contribution in [0.4, 0.5) is 0 Å². The first-order valence-corrected chi connectivity index (χ1v) is 12.0. The molecule has 3 aromatic heterocycles. The van der Waals surface area contributed by atoms with E-state index in [0.717, 1.165) is 40.4 Å². The van der Waals surface area contributed by atoms with Gasteiger partial charge >= 0.3 is 0 Å². The molecular formula is C27H24N4S. The van der Waals surface area contributed by atoms with Crippen LogP contribution in [0.3, 0.4) is 0 Å². The summed E-state index contributed by atoms with van der Waals surface area (Å²) in [5, 5.41) is 5.93. The highest BCUT2D eigenvalue weighted by Gasteiger charge is 2.14. The third-order valence-corrected chi connectivity index (χ3v) is 7.16. The van der Waals surface area contributed by atoms with Crippen LogP contribution in [0.15, 0.2) is 60.1 Å². The number of rotatable bonds is 4. The molecular weight excluding hydrogens is 412 g/mol. The fourth-order valence-corrected chi connectivity index (χ4v) is 5.36. The molecule has 158 valence electrons. The number of thiophene rings is 1. The van der Waals surface area contributed by atoms with Gasteiger partial charge in [-0.3, -0.25) is 0 Å². The highest BCUT2D eigenvalue weighted by atomic mass is 32.1. The first-order valence-electron chi connectivity index (χ1n) is 11.1. The molecule has 4 nitrogen and oxygen atoms in total. The topological polar surface area (TPSA) is 57.4 Å². The van der Waals surface area contributed by atoms with Gasteiger partial charge in [-0.25, -0.2) is 9.97 Å². The lowest BCUT2D eigenvalue weighted by molar-refractivity contribution is 0.795. The zero-order valence-corrected chi connectivity index (χ0v) is 19.2. The number of aryl methyl sites for hydroxylation is 1. The fourth-order valence-electron chi connectivity index (χ4n) is 4.43. The number of hydrogen-bond acceptors (Lipinski definition) is 3. The molecule has 0 radical (unpaired) electrons. The van der Waals surface area contributed by atoms with Crippen molar-refractivity contribution in [3.8, 4) is 22.4 Å². The predicted molar refractivity (Wildman–Crippen MR) is 135 cm³/mol. The van der Waals surface area contributed by atoms with Crippen LogP contribution in [0.5, 0.6) is 0 Å². The standard InChI is InChI=1S/C27H24N4S/c1-4-23-30-24-19-10-9-18(13-21(19)26-20(11-12-32-26)25(24)31-23)16-5-7-17(8-6-16)22-14-28-27(29-22)15(2)3/h5-15H,4H2,1-3H3,(H,28,29)(H,30,31). The van der Waals surface area contributed by atoms with E-state index < -0.39 is 0 Å². The molecule has 3 heterocycles. The Morgan fingerprint density at radius 3 is 2.41 bits per heavy atom. The summed E-state index contributed by atoms with van der Waals surface area (Å²) in [4.78, 5) is 16.3. The van der Waals surface area contributed by atoms with Gasteiger partial charge in [-0.15, -0.1) is 11.3 Å². The summed E-state index contributed by atoms with van der Waals surface area (Å²) in [5.41, 5.74) is 6.88. The minimum absolute atomic E-state index is 0.393. The van der Waals surface area contributed by atoms with Gasteiger partial charge in [0.2, 0.25) is 0 Å². The number of hydrogen-bond donors (Lipinski definition) is 2. The molecule has 0 unspecified atom stereocenters. The molecule has 0 aliphatic carbocycles. The van der Waals surface area contributed by atoms with Crippen molar-refractivity contribution < 1.29 is 0 Å². The average Bonchev–Trinajstić information content (AvgIpc) is 3.58. The molecule has 0 aliphatic rings. The van der Waals surface area contributed by atoms with Crippen molar-refractivity contribution in [3.63, 3.8) is 0 Å². The van der Waals surface area contributed by atoms with Crippen molar-refractivity contribution in [2.24, 2.45) is 0 Å². The van der Waals surface area contributed by atoms with Crippen LogP contribution < -0.4 is 0 Å². The summed E-state index contributed by atoms with van der Waals surface area (Å²) in [5.74, 6) is 2.46. The van der Waals surface area contributed by atoms with Crippen LogP contribution in [-0.2, 0) is 6.42 Å². The number of aromatic amines is 2. The van der Waals surface area contributed by atoms with E-state index in [1.54, 1.807) is 11.3 Å². The van der Waals surface area contributed by atoms with E-state index in [-0.39, 0.29) is 0 Å². The number of nitrogens with zero attached hydrogens (tertiary/aromatic N) is 2. The summed E-state index contributed by atoms with van der Waals surface area (Å²) in [6.45, 7) is 6.44. The molecule has 0 aliphatic heterocycles. The maximum Gasteiger partial charge on any atom is 0.109 e. The van der Waals surface area contributed by atoms with E-state index in [1.807, 2.05) is 6.20 Å². The highest BCUT2D eigenvalue weighted by molar-refractivity contribution is 7.18. The maximum atomic E-state index is 4.86. The van der Waals surface area contributed by atoms with Gasteiger partial charge in [0.25, 0.3) is 0 Å². The Hall–Kier alpha value is -3.44. The summed E-state index contributed by atoms with van der Waals surface area (Å²) >= 11 is 1.79. The Morgan fingerprint density at radius 1 is 0.875 bits per heavy atom. The molecule has 6 aromatic rings. The zero-order valence-electron chi connectivity index (χ0n) is 18.4. The van der Waals surface area contributed by atoms with E-state index in [1.165, 1.54) is 32.0 Å². The molecule has 5 heteroatoms. The van der Waals surface area contributed by atoms with Gasteiger partial charge < -0.3 is 9.97 Å². The molecule has 0 spiro atoms. The summed E-state index contributed by atoms with van der Waals surface area (Å²) in [6, 6.07) is 17.7. The van der Waals surface area contributed by atoms with Gasteiger partial charge in [-0.1, -0.05) is 57.2 Å². The maximum absolute atomic E-state index is 4.86. The van der Waals surface area contributed by atoms with Crippen molar-refractivity contribution in [3.05, 3.63) is 71.8 Å². The summed E-state index contributed by atoms with van der Waals surface area (Å²) < 4.78 is 1.30. The SMILES string of the molecule is CCc1nc2c3ccsc3c3cc(-c4ccc(-c5cnc(C(C)C)[nH]5)cc4)ccc3c2[nH]1. The van der Waals surface area contributed by atoms with Crippen molar-refractivity contribution in [2.75, 3.05) is 0 Å². The normalized spacial score (nSPS) is 12.0. The largest absolute Gasteiger partial charge is 0.342 e. The fraction of sp³-hybridized carbons (Fsp3) is 0.185. The number of imidazole rings is 2. The van der Waals surface area contributed by atoms with Gasteiger partial charge in [-0.2, -0.15) is 0 Å². The second-order valence-electron chi connectivity index (χ2n) is 8.60. The Kier molecular flexibility index (Phi) is 4.40. The van der Waals surface area contributed by atoms with Crippen LogP contribution in [0.1, 0.15) is 38.3 Å². The lowest BCUT2D eigenvalue weighted by Crippen LogP contribution is -1.89. The summed E-state index contributed by atoms with van der Waals surface area (Å²) in [6.07, 6.45) is 2.83. The number of aromatic nitrogens is 4. The number of nitrogens with one attached hydrogen (secondary N) is 2. The molecule has 6 rings (SSSR count). The number of benzene rings is 3. The third kappa shape index (κ3) is 2.96. The second kappa shape index (κ2) is 7.31. The van der Waals surface area contributed by atoms with E-state index in [9.17, 15) is 0 Å². The first kappa shape index (κ1) is 19.3. The molecule has 3 aromatic carbocycles. The zero-order chi connectivity index (χ0) is 21.8. The van der Waals surface area contributed by atoms with Crippen LogP contribution in [0, 0.1) is 0 Å². The van der Waals surface area contributed by atoms with Gasteiger partial charge in [0.1, 0.15) is 11.6 Å². The van der Waals surface area contributed by atoms with E-state index >= 15 is 0 Å². The Bertz CT molecular complexity index is 1580. The lowest BCUT2D eigenvalue weighted by atomic mass is 9.98. The van der Waals surface area contributed by atoms with Crippen LogP contribution in [-0.4, -0.2) is 19.9 Å². The van der Waals surface area contributed by atoms with Crippen LogP contribution in [0.2, 0.25) is 0 Å². The summed E-state index contributed by atoms with van der Waals surface area (Å²) in [7, 11) is 0. The lowest BCUT2D eigenvalue weighted by Gasteiger charge is -2.08. The van der Waals surface area contributed by atoms with Gasteiger partial charge in [0.05, 0.1) is 22.9 Å². The van der Waals surface area contributed by atoms with E-state index in [2.05, 4.69) is 89.6 Å². The Balaban J connectivity index is 1.46. The van der Waals surface area contributed by atoms with Crippen LogP contribution >= 0.6 is 11.3 Å². The monoisotopic (exact) mass is 436 g/mol. The molecule has 32 heavy (non-hydrogen) atoms. The molecule has 0 fully saturated rings. The highest BCUT2D eigenvalue weighted by Crippen LogP contribution is 2.39. The van der Waals surface area contributed by atoms with E-state index in [0.29, 0.717) is 5.92 Å². The minimum Gasteiger partial charge on any atom is -0.342 e. The number of H-pyrrole nitrogens is 2. The van der Waals surface area contributed by atoms with Crippen molar-refractivity contribution in [2.45, 2.75) is 33.1 Å². The molecule has 0 saturated heterocycles. The second-order valence-corrected chi connectivity index (χ2v) is 9.51. The molecule has 0 saturated carbocycles. The third-order valence-electron chi connectivity index (χ3n) is 6.21. The van der Waals surface area contributed by atoms with Gasteiger partial charge in [0, 0.05) is 33.2 Å². The van der Waals surface area contributed by atoms with Crippen LogP contribution in [0.25, 0.3) is 54.3 Å².